The van der Waals surface area contributed by atoms with Gasteiger partial charge in [0.05, 0.1) is 17.7 Å². The van der Waals surface area contributed by atoms with Crippen LogP contribution in [0.1, 0.15) is 37.3 Å². The molecule has 1 aliphatic carbocycles. The van der Waals surface area contributed by atoms with Gasteiger partial charge in [-0.25, -0.2) is 9.67 Å². The van der Waals surface area contributed by atoms with Crippen LogP contribution in [0.3, 0.4) is 0 Å². The molecule has 1 aliphatic rings. The Labute approximate surface area is 125 Å². The summed E-state index contributed by atoms with van der Waals surface area (Å²) in [5, 5.41) is 22.4. The van der Waals surface area contributed by atoms with Crippen molar-refractivity contribution in [2.45, 2.75) is 41.9 Å². The minimum absolute atomic E-state index is 0.298. The SMILES string of the molecule is N#Cc1cc(Cl)nc(Sc2nnnn2C2CCCC2)c1. The first-order valence-electron chi connectivity index (χ1n) is 6.29. The maximum atomic E-state index is 8.95. The summed E-state index contributed by atoms with van der Waals surface area (Å²) in [7, 11) is 0. The highest BCUT2D eigenvalue weighted by Gasteiger charge is 2.22. The Morgan fingerprint density at radius 2 is 2.15 bits per heavy atom. The van der Waals surface area contributed by atoms with Crippen LogP contribution < -0.4 is 0 Å². The second kappa shape index (κ2) is 5.77. The van der Waals surface area contributed by atoms with Gasteiger partial charge in [-0.2, -0.15) is 5.26 Å². The van der Waals surface area contributed by atoms with Crippen LogP contribution >= 0.6 is 23.4 Å². The molecular formula is C12H11ClN6S. The van der Waals surface area contributed by atoms with Gasteiger partial charge in [-0.05, 0) is 47.2 Å². The van der Waals surface area contributed by atoms with Crippen LogP contribution in [0, 0.1) is 11.3 Å². The lowest BCUT2D eigenvalue weighted by molar-refractivity contribution is 0.423. The monoisotopic (exact) mass is 306 g/mol. The van der Waals surface area contributed by atoms with E-state index >= 15 is 0 Å². The molecule has 3 rings (SSSR count). The predicted molar refractivity (Wildman–Crippen MR) is 73.4 cm³/mol. The van der Waals surface area contributed by atoms with Crippen molar-refractivity contribution in [1.82, 2.24) is 25.2 Å². The number of halogens is 1. The number of aromatic nitrogens is 5. The van der Waals surface area contributed by atoms with Crippen molar-refractivity contribution in [2.24, 2.45) is 0 Å². The third kappa shape index (κ3) is 2.76. The first-order chi connectivity index (χ1) is 9.76. The number of rotatable bonds is 3. The average Bonchev–Trinajstić information content (AvgIpc) is 3.08. The van der Waals surface area contributed by atoms with Crippen LogP contribution in [0.4, 0.5) is 0 Å². The molecule has 2 aromatic rings. The fourth-order valence-corrected chi connectivity index (χ4v) is 3.45. The summed E-state index contributed by atoms with van der Waals surface area (Å²) in [5.74, 6) is 0. The molecular weight excluding hydrogens is 296 g/mol. The van der Waals surface area contributed by atoms with E-state index < -0.39 is 0 Å². The fraction of sp³-hybridized carbons (Fsp3) is 0.417. The van der Waals surface area contributed by atoms with Crippen molar-refractivity contribution in [1.29, 1.82) is 5.26 Å². The molecule has 0 unspecified atom stereocenters. The van der Waals surface area contributed by atoms with Gasteiger partial charge in [-0.15, -0.1) is 5.10 Å². The Bertz CT molecular complexity index is 658. The van der Waals surface area contributed by atoms with Crippen LogP contribution in [0.15, 0.2) is 22.3 Å². The summed E-state index contributed by atoms with van der Waals surface area (Å²) in [6, 6.07) is 5.64. The molecule has 20 heavy (non-hydrogen) atoms. The second-order valence-electron chi connectivity index (χ2n) is 4.57. The summed E-state index contributed by atoms with van der Waals surface area (Å²) in [6.07, 6.45) is 4.63. The van der Waals surface area contributed by atoms with E-state index in [4.69, 9.17) is 16.9 Å². The zero-order chi connectivity index (χ0) is 13.9. The second-order valence-corrected chi connectivity index (χ2v) is 5.95. The Morgan fingerprint density at radius 3 is 2.90 bits per heavy atom. The number of hydrogen-bond acceptors (Lipinski definition) is 6. The molecule has 2 aromatic heterocycles. The Hall–Kier alpha value is -1.65. The molecule has 0 saturated heterocycles. The van der Waals surface area contributed by atoms with E-state index in [1.807, 2.05) is 4.68 Å². The molecule has 1 fully saturated rings. The zero-order valence-corrected chi connectivity index (χ0v) is 12.1. The fourth-order valence-electron chi connectivity index (χ4n) is 2.31. The smallest absolute Gasteiger partial charge is 0.215 e. The highest BCUT2D eigenvalue weighted by Crippen LogP contribution is 2.33. The lowest BCUT2D eigenvalue weighted by Gasteiger charge is -2.10. The standard InChI is InChI=1S/C12H11ClN6S/c13-10-5-8(7-14)6-11(15-10)20-12-16-17-18-19(12)9-3-1-2-4-9/h5-6,9H,1-4H2. The molecule has 0 radical (unpaired) electrons. The largest absolute Gasteiger partial charge is 0.229 e. The highest BCUT2D eigenvalue weighted by atomic mass is 35.5. The summed E-state index contributed by atoms with van der Waals surface area (Å²) >= 11 is 7.23. The van der Waals surface area contributed by atoms with Crippen molar-refractivity contribution in [3.05, 3.63) is 22.8 Å². The lowest BCUT2D eigenvalue weighted by Crippen LogP contribution is -2.08. The number of hydrogen-bond donors (Lipinski definition) is 0. The molecule has 8 heteroatoms. The van der Waals surface area contributed by atoms with E-state index in [1.165, 1.54) is 30.7 Å². The first-order valence-corrected chi connectivity index (χ1v) is 7.49. The molecule has 1 saturated carbocycles. The normalized spacial score (nSPS) is 15.4. The van der Waals surface area contributed by atoms with Gasteiger partial charge >= 0.3 is 0 Å². The lowest BCUT2D eigenvalue weighted by atomic mass is 10.3. The molecule has 102 valence electrons. The molecule has 0 atom stereocenters. The van der Waals surface area contributed by atoms with E-state index in [0.717, 1.165) is 12.8 Å². The summed E-state index contributed by atoms with van der Waals surface area (Å²) < 4.78 is 1.85. The van der Waals surface area contributed by atoms with Crippen LogP contribution in [0.2, 0.25) is 5.15 Å². The van der Waals surface area contributed by atoms with Gasteiger partial charge in [-0.3, -0.25) is 0 Å². The van der Waals surface area contributed by atoms with E-state index in [2.05, 4.69) is 26.6 Å². The maximum Gasteiger partial charge on any atom is 0.215 e. The van der Waals surface area contributed by atoms with Gasteiger partial charge in [0.15, 0.2) is 0 Å². The summed E-state index contributed by atoms with van der Waals surface area (Å²) in [6.45, 7) is 0. The van der Waals surface area contributed by atoms with Crippen molar-refractivity contribution in [3.8, 4) is 6.07 Å². The van der Waals surface area contributed by atoms with Gasteiger partial charge in [0.1, 0.15) is 10.2 Å². The molecule has 0 spiro atoms. The Morgan fingerprint density at radius 1 is 1.35 bits per heavy atom. The van der Waals surface area contributed by atoms with E-state index in [0.29, 0.717) is 26.9 Å². The number of pyridine rings is 1. The van der Waals surface area contributed by atoms with Gasteiger partial charge in [0.2, 0.25) is 5.16 Å². The van der Waals surface area contributed by atoms with Gasteiger partial charge in [-0.1, -0.05) is 24.4 Å². The minimum atomic E-state index is 0.298. The summed E-state index contributed by atoms with van der Waals surface area (Å²) in [5.41, 5.74) is 0.479. The molecule has 0 aliphatic heterocycles. The van der Waals surface area contributed by atoms with Crippen LogP contribution in [0.25, 0.3) is 0 Å². The third-order valence-corrected chi connectivity index (χ3v) is 4.29. The molecule has 2 heterocycles. The van der Waals surface area contributed by atoms with Gasteiger partial charge in [0, 0.05) is 0 Å². The van der Waals surface area contributed by atoms with Crippen molar-refractivity contribution >= 4 is 23.4 Å². The van der Waals surface area contributed by atoms with Crippen molar-refractivity contribution in [2.75, 3.05) is 0 Å². The topological polar surface area (TPSA) is 80.3 Å². The quantitative estimate of drug-likeness (QED) is 0.811. The maximum absolute atomic E-state index is 8.95. The molecule has 0 bridgehead atoms. The number of tetrazole rings is 1. The molecule has 0 aromatic carbocycles. The van der Waals surface area contributed by atoms with Crippen molar-refractivity contribution in [3.63, 3.8) is 0 Å². The van der Waals surface area contributed by atoms with Crippen LogP contribution in [-0.2, 0) is 0 Å². The van der Waals surface area contributed by atoms with Gasteiger partial charge < -0.3 is 0 Å². The van der Waals surface area contributed by atoms with Crippen LogP contribution in [0.5, 0.6) is 0 Å². The van der Waals surface area contributed by atoms with E-state index in [9.17, 15) is 0 Å². The highest BCUT2D eigenvalue weighted by molar-refractivity contribution is 7.99. The molecule has 0 N–H and O–H groups in total. The first kappa shape index (κ1) is 13.3. The average molecular weight is 307 g/mol. The van der Waals surface area contributed by atoms with Crippen LogP contribution in [-0.4, -0.2) is 25.2 Å². The Balaban J connectivity index is 1.86. The van der Waals surface area contributed by atoms with E-state index in [1.54, 1.807) is 6.07 Å². The summed E-state index contributed by atoms with van der Waals surface area (Å²) in [4.78, 5) is 4.19. The third-order valence-electron chi connectivity index (χ3n) is 3.23. The number of nitrogens with zero attached hydrogens (tertiary/aromatic N) is 6. The minimum Gasteiger partial charge on any atom is -0.229 e. The number of nitriles is 1. The Kier molecular flexibility index (Phi) is 3.85. The van der Waals surface area contributed by atoms with E-state index in [-0.39, 0.29) is 0 Å². The molecule has 6 nitrogen and oxygen atoms in total. The molecule has 0 amide bonds. The van der Waals surface area contributed by atoms with Crippen molar-refractivity contribution < 1.29 is 0 Å². The predicted octanol–water partition coefficient (Wildman–Crippen LogP) is 2.86. The zero-order valence-electron chi connectivity index (χ0n) is 10.5. The van der Waals surface area contributed by atoms with Gasteiger partial charge in [0.25, 0.3) is 0 Å².